The fraction of sp³-hybridized carbons (Fsp3) is 0.391. The SMILES string of the molecule is COc1ccc(NC(=O)N2CCC(Cn3c(C)nc4ccccc43)CC2)cc1OC. The van der Waals surface area contributed by atoms with Gasteiger partial charge < -0.3 is 24.3 Å². The van der Waals surface area contributed by atoms with Gasteiger partial charge in [-0.2, -0.15) is 0 Å². The summed E-state index contributed by atoms with van der Waals surface area (Å²) < 4.78 is 12.9. The first-order valence-corrected chi connectivity index (χ1v) is 10.3. The summed E-state index contributed by atoms with van der Waals surface area (Å²) in [5, 5.41) is 2.97. The van der Waals surface area contributed by atoms with E-state index in [1.54, 1.807) is 26.4 Å². The summed E-state index contributed by atoms with van der Waals surface area (Å²) in [4.78, 5) is 19.2. The minimum Gasteiger partial charge on any atom is -0.493 e. The van der Waals surface area contributed by atoms with Crippen LogP contribution < -0.4 is 14.8 Å². The van der Waals surface area contributed by atoms with Crippen molar-refractivity contribution in [2.75, 3.05) is 32.6 Å². The standard InChI is InChI=1S/C23H28N4O3/c1-16-24-19-6-4-5-7-20(19)27(16)15-17-10-12-26(13-11-17)23(28)25-18-8-9-21(29-2)22(14-18)30-3/h4-9,14,17H,10-13,15H2,1-3H3,(H,25,28). The molecule has 0 atom stereocenters. The predicted molar refractivity (Wildman–Crippen MR) is 117 cm³/mol. The molecule has 1 N–H and O–H groups in total. The number of carbonyl (C=O) groups is 1. The van der Waals surface area contributed by atoms with Gasteiger partial charge >= 0.3 is 6.03 Å². The number of aryl methyl sites for hydroxylation is 1. The van der Waals surface area contributed by atoms with Crippen LogP contribution in [-0.2, 0) is 6.54 Å². The van der Waals surface area contributed by atoms with Crippen molar-refractivity contribution in [1.82, 2.24) is 14.5 Å². The first-order chi connectivity index (χ1) is 14.6. The number of aromatic nitrogens is 2. The maximum Gasteiger partial charge on any atom is 0.321 e. The van der Waals surface area contributed by atoms with Crippen LogP contribution in [0.4, 0.5) is 10.5 Å². The maximum atomic E-state index is 12.7. The van der Waals surface area contributed by atoms with Crippen LogP contribution in [0.25, 0.3) is 11.0 Å². The number of urea groups is 1. The Hall–Kier alpha value is -3.22. The second-order valence-corrected chi connectivity index (χ2v) is 7.69. The molecule has 158 valence electrons. The molecule has 1 fully saturated rings. The monoisotopic (exact) mass is 408 g/mol. The van der Waals surface area contributed by atoms with Crippen LogP contribution in [0.15, 0.2) is 42.5 Å². The van der Waals surface area contributed by atoms with Gasteiger partial charge in [0.25, 0.3) is 0 Å². The minimum absolute atomic E-state index is 0.0788. The van der Waals surface area contributed by atoms with E-state index < -0.39 is 0 Å². The molecule has 2 heterocycles. The zero-order valence-corrected chi connectivity index (χ0v) is 17.7. The van der Waals surface area contributed by atoms with Crippen molar-refractivity contribution in [2.24, 2.45) is 5.92 Å². The van der Waals surface area contributed by atoms with Crippen LogP contribution in [0.2, 0.25) is 0 Å². The predicted octanol–water partition coefficient (Wildman–Crippen LogP) is 4.31. The zero-order chi connectivity index (χ0) is 21.1. The molecular weight excluding hydrogens is 380 g/mol. The molecule has 2 aromatic carbocycles. The van der Waals surface area contributed by atoms with Crippen LogP contribution in [0.1, 0.15) is 18.7 Å². The second-order valence-electron chi connectivity index (χ2n) is 7.69. The largest absolute Gasteiger partial charge is 0.493 e. The molecule has 3 aromatic rings. The Morgan fingerprint density at radius 1 is 1.10 bits per heavy atom. The Morgan fingerprint density at radius 2 is 1.83 bits per heavy atom. The zero-order valence-electron chi connectivity index (χ0n) is 17.7. The van der Waals surface area contributed by atoms with Gasteiger partial charge in [-0.25, -0.2) is 9.78 Å². The summed E-state index contributed by atoms with van der Waals surface area (Å²) in [5.74, 6) is 2.81. The van der Waals surface area contributed by atoms with E-state index in [1.807, 2.05) is 17.0 Å². The highest BCUT2D eigenvalue weighted by Gasteiger charge is 2.24. The van der Waals surface area contributed by atoms with Gasteiger partial charge in [-0.05, 0) is 49.9 Å². The van der Waals surface area contributed by atoms with E-state index in [4.69, 9.17) is 9.47 Å². The number of benzene rings is 2. The van der Waals surface area contributed by atoms with E-state index in [0.717, 1.165) is 43.8 Å². The molecule has 0 spiro atoms. The fourth-order valence-electron chi connectivity index (χ4n) is 4.12. The van der Waals surface area contributed by atoms with Gasteiger partial charge in [0.1, 0.15) is 5.82 Å². The van der Waals surface area contributed by atoms with Crippen LogP contribution in [0, 0.1) is 12.8 Å². The first kappa shape index (κ1) is 20.1. The molecule has 0 radical (unpaired) electrons. The molecule has 1 aromatic heterocycles. The number of piperidine rings is 1. The number of hydrogen-bond donors (Lipinski definition) is 1. The molecule has 4 rings (SSSR count). The Labute approximate surface area is 176 Å². The summed E-state index contributed by atoms with van der Waals surface area (Å²) >= 11 is 0. The van der Waals surface area contributed by atoms with Crippen molar-refractivity contribution < 1.29 is 14.3 Å². The summed E-state index contributed by atoms with van der Waals surface area (Å²) in [5.41, 5.74) is 2.92. The van der Waals surface area contributed by atoms with Gasteiger partial charge in [0, 0.05) is 31.4 Å². The number of likely N-dealkylation sites (tertiary alicyclic amines) is 1. The van der Waals surface area contributed by atoms with Crippen molar-refractivity contribution in [3.8, 4) is 11.5 Å². The summed E-state index contributed by atoms with van der Waals surface area (Å²) in [6.07, 6.45) is 1.95. The minimum atomic E-state index is -0.0788. The number of anilines is 1. The smallest absolute Gasteiger partial charge is 0.321 e. The number of para-hydroxylation sites is 2. The van der Waals surface area contributed by atoms with Gasteiger partial charge in [-0.1, -0.05) is 12.1 Å². The number of nitrogens with one attached hydrogen (secondary N) is 1. The van der Waals surface area contributed by atoms with Crippen molar-refractivity contribution in [1.29, 1.82) is 0 Å². The van der Waals surface area contributed by atoms with Crippen LogP contribution in [-0.4, -0.2) is 47.8 Å². The third kappa shape index (κ3) is 4.06. The molecule has 0 aliphatic carbocycles. The summed E-state index contributed by atoms with van der Waals surface area (Å²) in [6.45, 7) is 4.49. The highest BCUT2D eigenvalue weighted by atomic mass is 16.5. The van der Waals surface area contributed by atoms with Crippen molar-refractivity contribution in [3.63, 3.8) is 0 Å². The number of nitrogens with zero attached hydrogens (tertiary/aromatic N) is 3. The number of carbonyl (C=O) groups excluding carboxylic acids is 1. The van der Waals surface area contributed by atoms with E-state index >= 15 is 0 Å². The Bertz CT molecular complexity index is 1040. The Kier molecular flexibility index (Phi) is 5.79. The molecule has 7 nitrogen and oxygen atoms in total. The normalized spacial score (nSPS) is 14.7. The van der Waals surface area contributed by atoms with Gasteiger partial charge in [0.05, 0.1) is 25.3 Å². The molecule has 0 bridgehead atoms. The van der Waals surface area contributed by atoms with Gasteiger partial charge in [-0.15, -0.1) is 0 Å². The average molecular weight is 409 g/mol. The Morgan fingerprint density at radius 3 is 2.57 bits per heavy atom. The quantitative estimate of drug-likeness (QED) is 0.683. The van der Waals surface area contributed by atoms with Gasteiger partial charge in [0.15, 0.2) is 11.5 Å². The molecule has 0 unspecified atom stereocenters. The number of ether oxygens (including phenoxy) is 2. The third-order valence-electron chi connectivity index (χ3n) is 5.82. The number of methoxy groups -OCH3 is 2. The number of amides is 2. The van der Waals surface area contributed by atoms with Crippen molar-refractivity contribution in [3.05, 3.63) is 48.3 Å². The molecule has 1 saturated heterocycles. The average Bonchev–Trinajstić information content (AvgIpc) is 3.09. The van der Waals surface area contributed by atoms with Crippen LogP contribution in [0.3, 0.4) is 0 Å². The topological polar surface area (TPSA) is 68.6 Å². The molecule has 2 amide bonds. The highest BCUT2D eigenvalue weighted by molar-refractivity contribution is 5.89. The molecule has 7 heteroatoms. The van der Waals surface area contributed by atoms with E-state index in [1.165, 1.54) is 5.52 Å². The van der Waals surface area contributed by atoms with Gasteiger partial charge in [-0.3, -0.25) is 0 Å². The number of fused-ring (bicyclic) bond motifs is 1. The molecule has 1 aliphatic rings. The molecular formula is C23H28N4O3. The van der Waals surface area contributed by atoms with E-state index in [0.29, 0.717) is 23.1 Å². The second kappa shape index (κ2) is 8.65. The van der Waals surface area contributed by atoms with Crippen LogP contribution >= 0.6 is 0 Å². The molecule has 0 saturated carbocycles. The maximum absolute atomic E-state index is 12.7. The van der Waals surface area contributed by atoms with Crippen LogP contribution in [0.5, 0.6) is 11.5 Å². The highest BCUT2D eigenvalue weighted by Crippen LogP contribution is 2.30. The number of imidazole rings is 1. The lowest BCUT2D eigenvalue weighted by Gasteiger charge is -2.32. The van der Waals surface area contributed by atoms with Gasteiger partial charge in [0.2, 0.25) is 0 Å². The number of hydrogen-bond acceptors (Lipinski definition) is 4. The number of rotatable bonds is 5. The van der Waals surface area contributed by atoms with Crippen molar-refractivity contribution in [2.45, 2.75) is 26.3 Å². The van der Waals surface area contributed by atoms with Crippen molar-refractivity contribution >= 4 is 22.8 Å². The summed E-state index contributed by atoms with van der Waals surface area (Å²) in [7, 11) is 3.17. The fourth-order valence-corrected chi connectivity index (χ4v) is 4.12. The third-order valence-corrected chi connectivity index (χ3v) is 5.82. The lowest BCUT2D eigenvalue weighted by atomic mass is 9.97. The first-order valence-electron chi connectivity index (χ1n) is 10.3. The lowest BCUT2D eigenvalue weighted by molar-refractivity contribution is 0.177. The summed E-state index contributed by atoms with van der Waals surface area (Å²) in [6, 6.07) is 13.6. The van der Waals surface area contributed by atoms with E-state index in [9.17, 15) is 4.79 Å². The Balaban J connectivity index is 1.35. The lowest BCUT2D eigenvalue weighted by Crippen LogP contribution is -2.41. The van der Waals surface area contributed by atoms with E-state index in [-0.39, 0.29) is 6.03 Å². The molecule has 1 aliphatic heterocycles. The molecule has 30 heavy (non-hydrogen) atoms. The van der Waals surface area contributed by atoms with E-state index in [2.05, 4.69) is 40.0 Å².